The van der Waals surface area contributed by atoms with Crippen molar-refractivity contribution in [1.29, 1.82) is 0 Å². The van der Waals surface area contributed by atoms with Gasteiger partial charge in [-0.2, -0.15) is 0 Å². The maximum atomic E-state index is 10.2. The predicted molar refractivity (Wildman–Crippen MR) is 45.5 cm³/mol. The number of carbonyl (C=O) groups is 1. The van der Waals surface area contributed by atoms with Crippen LogP contribution in [-0.4, -0.2) is 29.6 Å². The van der Waals surface area contributed by atoms with Crippen LogP contribution < -0.4 is 17.2 Å². The molecule has 70 valence electrons. The summed E-state index contributed by atoms with van der Waals surface area (Å²) in [6.07, 6.45) is 0.956. The first-order valence-electron chi connectivity index (χ1n) is 3.58. The molecular formula is C6H14N4O2. The van der Waals surface area contributed by atoms with Gasteiger partial charge in [0.15, 0.2) is 5.96 Å². The van der Waals surface area contributed by atoms with Crippen LogP contribution >= 0.6 is 0 Å². The van der Waals surface area contributed by atoms with Gasteiger partial charge in [-0.1, -0.05) is 0 Å². The van der Waals surface area contributed by atoms with Crippen LogP contribution in [0.15, 0.2) is 4.99 Å². The summed E-state index contributed by atoms with van der Waals surface area (Å²) in [5, 5.41) is 8.38. The van der Waals surface area contributed by atoms with Gasteiger partial charge in [0.05, 0.1) is 0 Å². The van der Waals surface area contributed by atoms with Crippen LogP contribution in [0.5, 0.6) is 0 Å². The fourth-order valence-corrected chi connectivity index (χ4v) is 0.643. The van der Waals surface area contributed by atoms with E-state index >= 15 is 0 Å². The maximum absolute atomic E-state index is 10.2. The van der Waals surface area contributed by atoms with E-state index in [1.54, 1.807) is 0 Å². The molecule has 0 bridgehead atoms. The van der Waals surface area contributed by atoms with Gasteiger partial charge in [-0.05, 0) is 12.8 Å². The van der Waals surface area contributed by atoms with Crippen molar-refractivity contribution in [3.05, 3.63) is 0 Å². The van der Waals surface area contributed by atoms with E-state index in [0.717, 1.165) is 0 Å². The minimum atomic E-state index is -1.00. The molecule has 0 aromatic carbocycles. The van der Waals surface area contributed by atoms with Crippen molar-refractivity contribution in [2.75, 3.05) is 6.54 Å². The van der Waals surface area contributed by atoms with E-state index in [1.165, 1.54) is 0 Å². The maximum Gasteiger partial charge on any atom is 0.320 e. The third-order valence-corrected chi connectivity index (χ3v) is 1.28. The number of aliphatic carboxylic acids is 1. The van der Waals surface area contributed by atoms with E-state index in [2.05, 4.69) is 4.99 Å². The third kappa shape index (κ3) is 5.48. The number of hydrogen-bond donors (Lipinski definition) is 4. The molecule has 6 nitrogen and oxygen atoms in total. The van der Waals surface area contributed by atoms with Gasteiger partial charge in [0, 0.05) is 6.54 Å². The van der Waals surface area contributed by atoms with Crippen LogP contribution in [0.3, 0.4) is 0 Å². The van der Waals surface area contributed by atoms with E-state index in [9.17, 15) is 4.79 Å². The number of nitrogens with two attached hydrogens (primary N) is 3. The molecule has 0 aromatic rings. The zero-order valence-corrected chi connectivity index (χ0v) is 6.73. The first kappa shape index (κ1) is 10.7. The predicted octanol–water partition coefficient (Wildman–Crippen LogP) is -1.55. The van der Waals surface area contributed by atoms with Gasteiger partial charge in [-0.15, -0.1) is 0 Å². The Kier molecular flexibility index (Phi) is 4.78. The van der Waals surface area contributed by atoms with Gasteiger partial charge in [0.25, 0.3) is 0 Å². The summed E-state index contributed by atoms with van der Waals surface area (Å²) in [6.45, 7) is 0.420. The summed E-state index contributed by atoms with van der Waals surface area (Å²) in [6, 6.07) is -0.820. The molecule has 0 unspecified atom stereocenters. The second-order valence-electron chi connectivity index (χ2n) is 2.39. The first-order valence-corrected chi connectivity index (χ1v) is 3.58. The molecule has 0 spiro atoms. The number of guanidine groups is 1. The topological polar surface area (TPSA) is 128 Å². The number of carboxylic acid groups (broad SMARTS) is 1. The van der Waals surface area contributed by atoms with Gasteiger partial charge < -0.3 is 22.3 Å². The molecule has 6 heteroatoms. The zero-order chi connectivity index (χ0) is 9.56. The Morgan fingerprint density at radius 1 is 1.50 bits per heavy atom. The molecule has 0 heterocycles. The van der Waals surface area contributed by atoms with E-state index in [1.807, 2.05) is 0 Å². The Hall–Kier alpha value is -1.30. The van der Waals surface area contributed by atoms with Crippen molar-refractivity contribution in [1.82, 2.24) is 0 Å². The molecule has 0 amide bonds. The zero-order valence-electron chi connectivity index (χ0n) is 6.73. The lowest BCUT2D eigenvalue weighted by molar-refractivity contribution is -0.138. The van der Waals surface area contributed by atoms with Crippen molar-refractivity contribution in [2.45, 2.75) is 18.9 Å². The number of hydrogen-bond acceptors (Lipinski definition) is 3. The standard InChI is InChI=1S/C6H14N4O2/c7-4(5(11)12)2-1-3-10-6(8)9/h4H,1-3,7H2,(H,11,12)(H4,8,9,10)/t4-/m0/s1/i5+1. The average molecular weight is 175 g/mol. The Bertz CT molecular complexity index is 176. The number of nitrogens with zero attached hydrogens (tertiary/aromatic N) is 1. The highest BCUT2D eigenvalue weighted by molar-refractivity contribution is 5.75. The fourth-order valence-electron chi connectivity index (χ4n) is 0.643. The summed E-state index contributed by atoms with van der Waals surface area (Å²) >= 11 is 0. The highest BCUT2D eigenvalue weighted by Gasteiger charge is 2.09. The molecule has 0 saturated carbocycles. The van der Waals surface area contributed by atoms with Crippen LogP contribution in [0.4, 0.5) is 0 Å². The number of aliphatic imine (C=N–C) groups is 1. The first-order chi connectivity index (χ1) is 5.54. The van der Waals surface area contributed by atoms with Crippen molar-refractivity contribution in [3.8, 4) is 0 Å². The van der Waals surface area contributed by atoms with Crippen molar-refractivity contribution in [3.63, 3.8) is 0 Å². The van der Waals surface area contributed by atoms with Crippen LogP contribution in [0, 0.1) is 0 Å². The van der Waals surface area contributed by atoms with Crippen LogP contribution in [0.2, 0.25) is 0 Å². The molecule has 0 rings (SSSR count). The van der Waals surface area contributed by atoms with Crippen LogP contribution in [-0.2, 0) is 4.79 Å². The second-order valence-corrected chi connectivity index (χ2v) is 2.39. The van der Waals surface area contributed by atoms with Crippen LogP contribution in [0.25, 0.3) is 0 Å². The normalized spacial score (nSPS) is 12.1. The summed E-state index contributed by atoms with van der Waals surface area (Å²) < 4.78 is 0. The Labute approximate surface area is 70.4 Å². The average Bonchev–Trinajstić information content (AvgIpc) is 1.97. The van der Waals surface area contributed by atoms with E-state index in [0.29, 0.717) is 19.4 Å². The minimum Gasteiger partial charge on any atom is -0.480 e. The molecule has 12 heavy (non-hydrogen) atoms. The van der Waals surface area contributed by atoms with Gasteiger partial charge >= 0.3 is 5.97 Å². The smallest absolute Gasteiger partial charge is 0.320 e. The monoisotopic (exact) mass is 175 g/mol. The fraction of sp³-hybridized carbons (Fsp3) is 0.667. The lowest BCUT2D eigenvalue weighted by Crippen LogP contribution is -2.30. The molecule has 0 saturated heterocycles. The van der Waals surface area contributed by atoms with Crippen molar-refractivity contribution in [2.24, 2.45) is 22.2 Å². The van der Waals surface area contributed by atoms with Gasteiger partial charge in [-0.3, -0.25) is 9.79 Å². The Balaban J connectivity index is 3.44. The van der Waals surface area contributed by atoms with Gasteiger partial charge in [0.1, 0.15) is 6.04 Å². The highest BCUT2D eigenvalue weighted by atomic mass is 16.5. The summed E-state index contributed by atoms with van der Waals surface area (Å²) in [7, 11) is 0. The molecular weight excluding hydrogens is 161 g/mol. The molecule has 0 aliphatic heterocycles. The molecule has 7 N–H and O–H groups in total. The summed E-state index contributed by atoms with van der Waals surface area (Å²) in [5.41, 5.74) is 15.3. The molecule has 0 aliphatic carbocycles. The Morgan fingerprint density at radius 3 is 2.50 bits per heavy atom. The lowest BCUT2D eigenvalue weighted by Gasteiger charge is -2.03. The molecule has 0 fully saturated rings. The Morgan fingerprint density at radius 2 is 2.08 bits per heavy atom. The summed E-state index contributed by atoms with van der Waals surface area (Å²) in [5.74, 6) is -0.987. The van der Waals surface area contributed by atoms with E-state index in [4.69, 9.17) is 22.3 Å². The minimum absolute atomic E-state index is 0.0129. The van der Waals surface area contributed by atoms with Crippen molar-refractivity contribution >= 4 is 11.9 Å². The highest BCUT2D eigenvalue weighted by Crippen LogP contribution is 1.94. The quantitative estimate of drug-likeness (QED) is 0.174. The van der Waals surface area contributed by atoms with Crippen LogP contribution in [0.1, 0.15) is 12.8 Å². The molecule has 0 radical (unpaired) electrons. The van der Waals surface area contributed by atoms with E-state index < -0.39 is 12.0 Å². The third-order valence-electron chi connectivity index (χ3n) is 1.28. The van der Waals surface area contributed by atoms with Gasteiger partial charge in [0.2, 0.25) is 0 Å². The molecule has 1 atom stereocenters. The van der Waals surface area contributed by atoms with E-state index in [-0.39, 0.29) is 5.96 Å². The largest absolute Gasteiger partial charge is 0.480 e. The van der Waals surface area contributed by atoms with Gasteiger partial charge in [-0.25, -0.2) is 0 Å². The molecule has 0 aromatic heterocycles. The second kappa shape index (κ2) is 5.36. The summed E-state index contributed by atoms with van der Waals surface area (Å²) in [4.78, 5) is 13.9. The van der Waals surface area contributed by atoms with Crippen molar-refractivity contribution < 1.29 is 9.90 Å². The molecule has 0 aliphatic rings. The number of rotatable bonds is 5. The lowest BCUT2D eigenvalue weighted by atomic mass is 10.2. The SMILES string of the molecule is NC(N)=NCCC[C@H](N)[13C](=O)O. The number of carboxylic acids is 1.